The number of hydrogen-bond acceptors (Lipinski definition) is 5. The van der Waals surface area contributed by atoms with Crippen LogP contribution in [0.25, 0.3) is 11.0 Å². The van der Waals surface area contributed by atoms with Gasteiger partial charge in [-0.2, -0.15) is 5.10 Å². The van der Waals surface area contributed by atoms with Gasteiger partial charge < -0.3 is 10.2 Å². The zero-order valence-corrected chi connectivity index (χ0v) is 16.9. The topological polar surface area (TPSA) is 75.9 Å². The van der Waals surface area contributed by atoms with Gasteiger partial charge in [-0.05, 0) is 44.6 Å². The van der Waals surface area contributed by atoms with Gasteiger partial charge >= 0.3 is 0 Å². The highest BCUT2D eigenvalue weighted by molar-refractivity contribution is 5.87. The minimum atomic E-state index is -0.0475. The first-order valence-electron chi connectivity index (χ1n) is 10.5. The van der Waals surface area contributed by atoms with Crippen molar-refractivity contribution in [3.05, 3.63) is 48.4 Å². The molecule has 2 aromatic heterocycles. The summed E-state index contributed by atoms with van der Waals surface area (Å²) < 4.78 is 1.67. The first-order chi connectivity index (χ1) is 14.2. The maximum Gasteiger partial charge on any atom is 0.242 e. The fourth-order valence-electron chi connectivity index (χ4n) is 3.91. The van der Waals surface area contributed by atoms with Gasteiger partial charge in [0.2, 0.25) is 5.91 Å². The lowest BCUT2D eigenvalue weighted by Crippen LogP contribution is -2.35. The van der Waals surface area contributed by atoms with Crippen LogP contribution in [0.3, 0.4) is 0 Å². The summed E-state index contributed by atoms with van der Waals surface area (Å²) >= 11 is 0. The van der Waals surface area contributed by atoms with Gasteiger partial charge in [0, 0.05) is 19.1 Å². The maximum absolute atomic E-state index is 12.5. The van der Waals surface area contributed by atoms with Crippen molar-refractivity contribution >= 4 is 22.8 Å². The van der Waals surface area contributed by atoms with Gasteiger partial charge in [0.25, 0.3) is 0 Å². The Bertz CT molecular complexity index is 948. The third-order valence-electron chi connectivity index (χ3n) is 5.48. The summed E-state index contributed by atoms with van der Waals surface area (Å²) in [5.41, 5.74) is 2.00. The quantitative estimate of drug-likeness (QED) is 0.669. The summed E-state index contributed by atoms with van der Waals surface area (Å²) in [6.07, 6.45) is 8.84. The normalized spacial score (nSPS) is 15.4. The van der Waals surface area contributed by atoms with E-state index in [0.717, 1.165) is 37.1 Å². The number of nitrogens with one attached hydrogen (secondary N) is 1. The summed E-state index contributed by atoms with van der Waals surface area (Å²) in [6.45, 7) is 4.22. The molecule has 0 spiro atoms. The lowest BCUT2D eigenvalue weighted by Gasteiger charge is -2.27. The number of amides is 1. The Balaban J connectivity index is 1.38. The van der Waals surface area contributed by atoms with Crippen LogP contribution >= 0.6 is 0 Å². The van der Waals surface area contributed by atoms with E-state index in [1.165, 1.54) is 24.8 Å². The van der Waals surface area contributed by atoms with Gasteiger partial charge in [0.15, 0.2) is 5.65 Å². The van der Waals surface area contributed by atoms with Crippen LogP contribution in [0.5, 0.6) is 0 Å². The van der Waals surface area contributed by atoms with E-state index in [2.05, 4.69) is 37.4 Å². The van der Waals surface area contributed by atoms with Gasteiger partial charge in [-0.3, -0.25) is 4.79 Å². The van der Waals surface area contributed by atoms with Crippen LogP contribution in [0.15, 0.2) is 42.9 Å². The molecule has 1 saturated heterocycles. The number of benzene rings is 1. The molecule has 1 atom stereocenters. The van der Waals surface area contributed by atoms with Crippen molar-refractivity contribution < 1.29 is 4.79 Å². The van der Waals surface area contributed by atoms with E-state index in [0.29, 0.717) is 5.65 Å². The van der Waals surface area contributed by atoms with Crippen molar-refractivity contribution in [1.29, 1.82) is 0 Å². The third kappa shape index (κ3) is 4.72. The minimum Gasteiger partial charge on any atom is -0.356 e. The van der Waals surface area contributed by atoms with Crippen molar-refractivity contribution in [1.82, 2.24) is 25.1 Å². The molecule has 1 N–H and O–H groups in total. The van der Waals surface area contributed by atoms with E-state index in [1.54, 1.807) is 17.2 Å². The van der Waals surface area contributed by atoms with Crippen LogP contribution in [0.4, 0.5) is 5.82 Å². The monoisotopic (exact) mass is 392 g/mol. The molecule has 1 aromatic carbocycles. The Labute approximate surface area is 171 Å². The highest BCUT2D eigenvalue weighted by Crippen LogP contribution is 2.25. The average molecular weight is 393 g/mol. The number of fused-ring (bicyclic) bond motifs is 1. The summed E-state index contributed by atoms with van der Waals surface area (Å²) in [6, 6.07) is 10.4. The zero-order valence-electron chi connectivity index (χ0n) is 16.9. The van der Waals surface area contributed by atoms with E-state index in [1.807, 2.05) is 25.1 Å². The molecule has 0 radical (unpaired) electrons. The summed E-state index contributed by atoms with van der Waals surface area (Å²) in [5.74, 6) is 0.881. The molecule has 3 heterocycles. The molecule has 1 fully saturated rings. The second kappa shape index (κ2) is 9.03. The van der Waals surface area contributed by atoms with Crippen molar-refractivity contribution in [3.8, 4) is 0 Å². The largest absolute Gasteiger partial charge is 0.356 e. The fourth-order valence-corrected chi connectivity index (χ4v) is 3.91. The number of hydrogen-bond donors (Lipinski definition) is 1. The molecular formula is C22H28N6O. The highest BCUT2D eigenvalue weighted by Gasteiger charge is 2.18. The smallest absolute Gasteiger partial charge is 0.242 e. The van der Waals surface area contributed by atoms with Crippen LogP contribution in [0.1, 0.15) is 38.2 Å². The summed E-state index contributed by atoms with van der Waals surface area (Å²) in [5, 5.41) is 8.41. The van der Waals surface area contributed by atoms with Crippen molar-refractivity contribution in [3.63, 3.8) is 0 Å². The Morgan fingerprint density at radius 2 is 1.93 bits per heavy atom. The molecule has 1 amide bonds. The van der Waals surface area contributed by atoms with E-state index in [9.17, 15) is 4.79 Å². The maximum atomic E-state index is 12.5. The number of carbonyl (C=O) groups is 1. The summed E-state index contributed by atoms with van der Waals surface area (Å²) in [4.78, 5) is 23.7. The van der Waals surface area contributed by atoms with Crippen LogP contribution < -0.4 is 10.2 Å². The van der Waals surface area contributed by atoms with Crippen molar-refractivity contribution in [2.24, 2.45) is 0 Å². The summed E-state index contributed by atoms with van der Waals surface area (Å²) in [7, 11) is 0. The predicted octanol–water partition coefficient (Wildman–Crippen LogP) is 2.95. The standard InChI is InChI=1S/C22H28N6O/c1-17(10-11-18-8-4-2-5-9-18)26-20(29)15-28-22-19(14-25-28)21(23-16-24-22)27-12-6-3-7-13-27/h2,4-5,8-9,14,16-17H,3,6-7,10-13,15H2,1H3,(H,26,29)/t17-/m0/s1. The molecule has 29 heavy (non-hydrogen) atoms. The number of rotatable bonds is 7. The lowest BCUT2D eigenvalue weighted by molar-refractivity contribution is -0.122. The van der Waals surface area contributed by atoms with Gasteiger partial charge in [0.05, 0.1) is 11.6 Å². The highest BCUT2D eigenvalue weighted by atomic mass is 16.2. The molecule has 3 aromatic rings. The second-order valence-electron chi connectivity index (χ2n) is 7.78. The number of nitrogens with zero attached hydrogens (tertiary/aromatic N) is 5. The SMILES string of the molecule is C[C@@H](CCc1ccccc1)NC(=O)Cn1ncc2c(N3CCCCC3)ncnc21. The molecule has 0 bridgehead atoms. The zero-order chi connectivity index (χ0) is 20.1. The molecule has 4 rings (SSSR count). The molecular weight excluding hydrogens is 364 g/mol. The van der Waals surface area contributed by atoms with Gasteiger partial charge in [-0.25, -0.2) is 14.6 Å². The Morgan fingerprint density at radius 3 is 2.72 bits per heavy atom. The molecule has 0 saturated carbocycles. The number of piperidine rings is 1. The Morgan fingerprint density at radius 1 is 1.14 bits per heavy atom. The first-order valence-corrected chi connectivity index (χ1v) is 10.5. The number of aromatic nitrogens is 4. The number of anilines is 1. The van der Waals surface area contributed by atoms with E-state index in [4.69, 9.17) is 0 Å². The molecule has 1 aliphatic heterocycles. The van der Waals surface area contributed by atoms with Crippen LogP contribution in [0.2, 0.25) is 0 Å². The van der Waals surface area contributed by atoms with Gasteiger partial charge in [-0.1, -0.05) is 30.3 Å². The average Bonchev–Trinajstić information content (AvgIpc) is 3.16. The number of aryl methyl sites for hydroxylation is 1. The predicted molar refractivity (Wildman–Crippen MR) is 114 cm³/mol. The molecule has 152 valence electrons. The van der Waals surface area contributed by atoms with Gasteiger partial charge in [0.1, 0.15) is 18.7 Å². The van der Waals surface area contributed by atoms with Gasteiger partial charge in [-0.15, -0.1) is 0 Å². The van der Waals surface area contributed by atoms with E-state index in [-0.39, 0.29) is 18.5 Å². The molecule has 7 heteroatoms. The van der Waals surface area contributed by atoms with E-state index < -0.39 is 0 Å². The van der Waals surface area contributed by atoms with E-state index >= 15 is 0 Å². The fraction of sp³-hybridized carbons (Fsp3) is 0.455. The first kappa shape index (κ1) is 19.4. The number of carbonyl (C=O) groups excluding carboxylic acids is 1. The molecule has 0 unspecified atom stereocenters. The molecule has 0 aliphatic carbocycles. The van der Waals surface area contributed by atoms with Crippen molar-refractivity contribution in [2.75, 3.05) is 18.0 Å². The Hall–Kier alpha value is -2.96. The molecule has 7 nitrogen and oxygen atoms in total. The Kier molecular flexibility index (Phi) is 6.03. The van der Waals surface area contributed by atoms with Crippen LogP contribution in [-0.2, 0) is 17.8 Å². The second-order valence-corrected chi connectivity index (χ2v) is 7.78. The molecule has 1 aliphatic rings. The van der Waals surface area contributed by atoms with Crippen molar-refractivity contribution in [2.45, 2.75) is 51.6 Å². The van der Waals surface area contributed by atoms with Crippen LogP contribution in [-0.4, -0.2) is 44.8 Å². The van der Waals surface area contributed by atoms with Crippen LogP contribution in [0, 0.1) is 0 Å². The minimum absolute atomic E-state index is 0.0475. The third-order valence-corrected chi connectivity index (χ3v) is 5.48. The lowest BCUT2D eigenvalue weighted by atomic mass is 10.1.